The third-order valence-corrected chi connectivity index (χ3v) is 4.06. The van der Waals surface area contributed by atoms with Crippen molar-refractivity contribution in [3.05, 3.63) is 65.4 Å². The Labute approximate surface area is 129 Å². The maximum absolute atomic E-state index is 6.28. The number of aromatic nitrogens is 1. The topological polar surface area (TPSA) is 22.1 Å². The molecule has 0 radical (unpaired) electrons. The molecule has 0 saturated carbocycles. The molecule has 2 aromatic carbocycles. The van der Waals surface area contributed by atoms with E-state index in [-0.39, 0.29) is 6.10 Å². The number of rotatable bonds is 3. The minimum atomic E-state index is -0.104. The fourth-order valence-corrected chi connectivity index (χ4v) is 2.87. The van der Waals surface area contributed by atoms with Crippen LogP contribution < -0.4 is 0 Å². The van der Waals surface area contributed by atoms with Crippen molar-refractivity contribution in [3.8, 4) is 11.1 Å². The number of ether oxygens (including phenoxy) is 1. The first-order valence-corrected chi connectivity index (χ1v) is 7.25. The summed E-state index contributed by atoms with van der Waals surface area (Å²) in [6.45, 7) is 1.98. The van der Waals surface area contributed by atoms with Crippen LogP contribution in [0.15, 0.2) is 54.7 Å². The maximum Gasteiger partial charge on any atom is 0.135 e. The minimum Gasteiger partial charge on any atom is -0.377 e. The maximum atomic E-state index is 6.28. The molecule has 0 aliphatic carbocycles. The fourth-order valence-electron chi connectivity index (χ4n) is 2.56. The Balaban J connectivity index is 2.20. The van der Waals surface area contributed by atoms with Crippen LogP contribution in [0.25, 0.3) is 21.9 Å². The van der Waals surface area contributed by atoms with E-state index in [1.165, 1.54) is 10.8 Å². The molecule has 0 aliphatic rings. The zero-order valence-corrected chi connectivity index (χ0v) is 12.8. The number of pyridine rings is 1. The highest BCUT2D eigenvalue weighted by Gasteiger charge is 2.16. The molecule has 1 heterocycles. The molecule has 1 aromatic heterocycles. The lowest BCUT2D eigenvalue weighted by Crippen LogP contribution is -2.01. The summed E-state index contributed by atoms with van der Waals surface area (Å²) in [6, 6.07) is 16.7. The highest BCUT2D eigenvalue weighted by Crippen LogP contribution is 2.34. The number of fused-ring (bicyclic) bond motifs is 1. The second-order valence-electron chi connectivity index (χ2n) is 5.00. The summed E-state index contributed by atoms with van der Waals surface area (Å²) in [6.07, 6.45) is 1.63. The molecule has 0 amide bonds. The van der Waals surface area contributed by atoms with Gasteiger partial charge in [0, 0.05) is 18.9 Å². The predicted molar refractivity (Wildman–Crippen MR) is 87.6 cm³/mol. The molecule has 1 unspecified atom stereocenters. The second-order valence-corrected chi connectivity index (χ2v) is 5.36. The number of methoxy groups -OCH3 is 1. The van der Waals surface area contributed by atoms with E-state index < -0.39 is 0 Å². The molecule has 3 aromatic rings. The molecule has 3 rings (SSSR count). The number of nitrogens with zero attached hydrogens (tertiary/aromatic N) is 1. The standard InChI is InChI=1S/C18H16ClNO/c1-12(21-2)17-16(9-10-20-18(17)19)15-8-7-13-5-3-4-6-14(13)11-15/h3-12H,1-2H3. The Morgan fingerprint density at radius 2 is 1.81 bits per heavy atom. The molecule has 3 heteroatoms. The largest absolute Gasteiger partial charge is 0.377 e. The number of benzene rings is 2. The van der Waals surface area contributed by atoms with Crippen LogP contribution in [-0.2, 0) is 4.74 Å². The number of hydrogen-bond acceptors (Lipinski definition) is 2. The van der Waals surface area contributed by atoms with Gasteiger partial charge in [-0.25, -0.2) is 4.98 Å². The van der Waals surface area contributed by atoms with E-state index in [4.69, 9.17) is 16.3 Å². The quantitative estimate of drug-likeness (QED) is 0.615. The SMILES string of the molecule is COC(C)c1c(-c2ccc3ccccc3c2)ccnc1Cl. The van der Waals surface area contributed by atoms with Crippen LogP contribution in [0.2, 0.25) is 5.15 Å². The molecule has 0 spiro atoms. The highest BCUT2D eigenvalue weighted by molar-refractivity contribution is 6.30. The van der Waals surface area contributed by atoms with Gasteiger partial charge in [-0.3, -0.25) is 0 Å². The Hall–Kier alpha value is -1.90. The number of hydrogen-bond donors (Lipinski definition) is 0. The lowest BCUT2D eigenvalue weighted by Gasteiger charge is -2.16. The van der Waals surface area contributed by atoms with Crippen molar-refractivity contribution in [1.82, 2.24) is 4.98 Å². The summed E-state index contributed by atoms with van der Waals surface area (Å²) >= 11 is 6.28. The van der Waals surface area contributed by atoms with E-state index in [0.29, 0.717) is 5.15 Å². The molecular formula is C18H16ClNO. The second kappa shape index (κ2) is 5.84. The first kappa shape index (κ1) is 14.1. The average Bonchev–Trinajstić information content (AvgIpc) is 2.53. The lowest BCUT2D eigenvalue weighted by molar-refractivity contribution is 0.120. The summed E-state index contributed by atoms with van der Waals surface area (Å²) in [7, 11) is 1.68. The van der Waals surface area contributed by atoms with Crippen LogP contribution in [0.3, 0.4) is 0 Å². The van der Waals surface area contributed by atoms with E-state index >= 15 is 0 Å². The van der Waals surface area contributed by atoms with Gasteiger partial charge in [0.15, 0.2) is 0 Å². The summed E-state index contributed by atoms with van der Waals surface area (Å²) in [5.74, 6) is 0. The van der Waals surface area contributed by atoms with Gasteiger partial charge in [0.1, 0.15) is 5.15 Å². The van der Waals surface area contributed by atoms with Gasteiger partial charge in [-0.1, -0.05) is 48.0 Å². The highest BCUT2D eigenvalue weighted by atomic mass is 35.5. The van der Waals surface area contributed by atoms with Gasteiger partial charge in [0.05, 0.1) is 6.10 Å². The van der Waals surface area contributed by atoms with Crippen LogP contribution in [0.4, 0.5) is 0 Å². The fraction of sp³-hybridized carbons (Fsp3) is 0.167. The van der Waals surface area contributed by atoms with Crippen molar-refractivity contribution in [2.24, 2.45) is 0 Å². The van der Waals surface area contributed by atoms with Crippen LogP contribution in [-0.4, -0.2) is 12.1 Å². The Kier molecular flexibility index (Phi) is 3.91. The summed E-state index contributed by atoms with van der Waals surface area (Å²) in [4.78, 5) is 4.18. The minimum absolute atomic E-state index is 0.104. The van der Waals surface area contributed by atoms with Gasteiger partial charge in [0.25, 0.3) is 0 Å². The summed E-state index contributed by atoms with van der Waals surface area (Å²) in [5.41, 5.74) is 3.11. The normalized spacial score (nSPS) is 12.5. The monoisotopic (exact) mass is 297 g/mol. The van der Waals surface area contributed by atoms with E-state index in [9.17, 15) is 0 Å². The molecule has 1 atom stereocenters. The van der Waals surface area contributed by atoms with Gasteiger partial charge in [0.2, 0.25) is 0 Å². The lowest BCUT2D eigenvalue weighted by atomic mass is 9.96. The van der Waals surface area contributed by atoms with E-state index in [1.54, 1.807) is 13.3 Å². The van der Waals surface area contributed by atoms with Crippen LogP contribution >= 0.6 is 11.6 Å². The van der Waals surface area contributed by atoms with Gasteiger partial charge >= 0.3 is 0 Å². The first-order chi connectivity index (χ1) is 10.2. The van der Waals surface area contributed by atoms with Crippen molar-refractivity contribution >= 4 is 22.4 Å². The number of halogens is 1. The van der Waals surface area contributed by atoms with Crippen molar-refractivity contribution < 1.29 is 4.74 Å². The smallest absolute Gasteiger partial charge is 0.135 e. The molecule has 0 aliphatic heterocycles. The Morgan fingerprint density at radius 3 is 2.57 bits per heavy atom. The van der Waals surface area contributed by atoms with Gasteiger partial charge in [-0.05, 0) is 41.0 Å². The van der Waals surface area contributed by atoms with Crippen molar-refractivity contribution in [1.29, 1.82) is 0 Å². The third kappa shape index (κ3) is 2.65. The van der Waals surface area contributed by atoms with Crippen LogP contribution in [0.5, 0.6) is 0 Å². The van der Waals surface area contributed by atoms with Crippen LogP contribution in [0, 0.1) is 0 Å². The van der Waals surface area contributed by atoms with Crippen molar-refractivity contribution in [2.45, 2.75) is 13.0 Å². The molecule has 0 saturated heterocycles. The molecule has 21 heavy (non-hydrogen) atoms. The zero-order chi connectivity index (χ0) is 14.8. The predicted octanol–water partition coefficient (Wildman–Crippen LogP) is 5.26. The Morgan fingerprint density at radius 1 is 1.05 bits per heavy atom. The molecular weight excluding hydrogens is 282 g/mol. The third-order valence-electron chi connectivity index (χ3n) is 3.76. The molecule has 0 bridgehead atoms. The van der Waals surface area contributed by atoms with Crippen molar-refractivity contribution in [2.75, 3.05) is 7.11 Å². The van der Waals surface area contributed by atoms with Crippen LogP contribution in [0.1, 0.15) is 18.6 Å². The molecule has 0 N–H and O–H groups in total. The summed E-state index contributed by atoms with van der Waals surface area (Å²) < 4.78 is 5.44. The average molecular weight is 298 g/mol. The van der Waals surface area contributed by atoms with E-state index in [0.717, 1.165) is 16.7 Å². The summed E-state index contributed by atoms with van der Waals surface area (Å²) in [5, 5.41) is 2.93. The van der Waals surface area contributed by atoms with Gasteiger partial charge < -0.3 is 4.74 Å². The molecule has 2 nitrogen and oxygen atoms in total. The van der Waals surface area contributed by atoms with Crippen molar-refractivity contribution in [3.63, 3.8) is 0 Å². The van der Waals surface area contributed by atoms with E-state index in [2.05, 4.69) is 35.3 Å². The first-order valence-electron chi connectivity index (χ1n) is 6.87. The Bertz CT molecular complexity index is 785. The van der Waals surface area contributed by atoms with Gasteiger partial charge in [-0.2, -0.15) is 0 Å². The zero-order valence-electron chi connectivity index (χ0n) is 12.0. The molecule has 106 valence electrons. The van der Waals surface area contributed by atoms with E-state index in [1.807, 2.05) is 25.1 Å². The molecule has 0 fully saturated rings. The van der Waals surface area contributed by atoms with Gasteiger partial charge in [-0.15, -0.1) is 0 Å².